The number of ether oxygens (including phenoxy) is 1. The molecule has 0 aliphatic carbocycles. The van der Waals surface area contributed by atoms with Gasteiger partial charge < -0.3 is 25.5 Å². The van der Waals surface area contributed by atoms with Crippen molar-refractivity contribution in [1.82, 2.24) is 4.98 Å². The number of primary amides is 1. The lowest BCUT2D eigenvalue weighted by Gasteiger charge is -2.32. The molecule has 1 unspecified atom stereocenters. The predicted octanol–water partition coefficient (Wildman–Crippen LogP) is 9.65. The highest BCUT2D eigenvalue weighted by Gasteiger charge is 2.21. The van der Waals surface area contributed by atoms with E-state index < -0.39 is 5.91 Å². The van der Waals surface area contributed by atoms with Crippen molar-refractivity contribution in [1.29, 1.82) is 0 Å². The molecule has 0 saturated carbocycles. The van der Waals surface area contributed by atoms with E-state index in [4.69, 9.17) is 10.5 Å². The molecule has 3 N–H and O–H groups in total. The zero-order chi connectivity index (χ0) is 37.6. The number of terminal acetylenes is 1. The third-order valence-corrected chi connectivity index (χ3v) is 7.76. The number of hydrogen-bond donors (Lipinski definition) is 2. The minimum atomic E-state index is -0.435. The van der Waals surface area contributed by atoms with Crippen LogP contribution in [0.5, 0.6) is 5.75 Å². The maximum atomic E-state index is 11.2. The molecular formula is C43H62N4O3. The number of nitrogens with one attached hydrogen (secondary N) is 1. The summed E-state index contributed by atoms with van der Waals surface area (Å²) < 4.78 is 5.86. The van der Waals surface area contributed by atoms with Crippen LogP contribution in [0.25, 0.3) is 0 Å². The highest BCUT2D eigenvalue weighted by molar-refractivity contribution is 5.93. The molecule has 1 amide bonds. The number of anilines is 2. The number of hydrogen-bond acceptors (Lipinski definition) is 6. The molecule has 4 rings (SSSR count). The summed E-state index contributed by atoms with van der Waals surface area (Å²) in [6.07, 6.45) is 25.4. The molecular weight excluding hydrogens is 620 g/mol. The molecule has 1 aromatic heterocycles. The van der Waals surface area contributed by atoms with Gasteiger partial charge in [-0.05, 0) is 79.0 Å². The molecule has 0 radical (unpaired) electrons. The number of aldehydes is 1. The van der Waals surface area contributed by atoms with Crippen LogP contribution in [0.15, 0.2) is 91.2 Å². The van der Waals surface area contributed by atoms with E-state index in [0.717, 1.165) is 56.6 Å². The van der Waals surface area contributed by atoms with Crippen molar-refractivity contribution in [2.45, 2.75) is 86.0 Å². The van der Waals surface area contributed by atoms with Gasteiger partial charge in [0, 0.05) is 32.1 Å². The molecule has 1 aliphatic rings. The molecule has 50 heavy (non-hydrogen) atoms. The fourth-order valence-electron chi connectivity index (χ4n) is 5.10. The third-order valence-electron chi connectivity index (χ3n) is 7.76. The standard InChI is InChI=1S/C19H24N4O2.C18H24O.2C2H6.C2H2/c1-21-16-5-6-18(22-12-16)23-9-7-14(8-10-23)13-25-17-4-2-3-15(11-17)19(20)24;1-3-4-5-6-7-11-16(2)18-14-9-8-12-17(18)13-10-15-19;3*1-2/h2-6,11-12,14,21H,7-10,13H2,1H3,(H2,20,24);5-9,11-12,14-16H,3-4,10,13H2,1-2H3;2*1-2H3;1-2H/b;6-5-,11-7-;;;. The Morgan fingerprint density at radius 3 is 2.32 bits per heavy atom. The molecule has 1 atom stereocenters. The Bertz CT molecular complexity index is 1390. The summed E-state index contributed by atoms with van der Waals surface area (Å²) >= 11 is 0. The second-order valence-electron chi connectivity index (χ2n) is 11.1. The maximum absolute atomic E-state index is 11.2. The lowest BCUT2D eigenvalue weighted by atomic mass is 9.93. The number of aromatic nitrogens is 1. The number of benzene rings is 2. The number of pyridine rings is 1. The lowest BCUT2D eigenvalue weighted by Crippen LogP contribution is -2.36. The number of allylic oxidation sites excluding steroid dienone is 4. The highest BCUT2D eigenvalue weighted by atomic mass is 16.5. The van der Waals surface area contributed by atoms with Crippen LogP contribution in [0, 0.1) is 18.8 Å². The highest BCUT2D eigenvalue weighted by Crippen LogP contribution is 2.24. The van der Waals surface area contributed by atoms with Gasteiger partial charge in [-0.15, -0.1) is 12.8 Å². The SMILES string of the molecule is C#C.CC.CC.CCC/C=C\C=C/C(C)c1ccccc1CCC=O.CNc1ccc(N2CCC(COc3cccc(C(N)=O)c3)CC2)nc1. The fourth-order valence-corrected chi connectivity index (χ4v) is 5.10. The van der Waals surface area contributed by atoms with E-state index in [0.29, 0.717) is 36.2 Å². The van der Waals surface area contributed by atoms with Crippen molar-refractivity contribution in [3.8, 4) is 18.6 Å². The summed E-state index contributed by atoms with van der Waals surface area (Å²) in [6, 6.07) is 19.5. The van der Waals surface area contributed by atoms with Crippen LogP contribution in [0.4, 0.5) is 11.5 Å². The van der Waals surface area contributed by atoms with E-state index in [9.17, 15) is 9.59 Å². The summed E-state index contributed by atoms with van der Waals surface area (Å²) in [5.41, 5.74) is 9.40. The quantitative estimate of drug-likeness (QED) is 0.0999. The Kier molecular flexibility index (Phi) is 26.3. The first kappa shape index (κ1) is 45.2. The van der Waals surface area contributed by atoms with Crippen LogP contribution >= 0.6 is 0 Å². The van der Waals surface area contributed by atoms with Gasteiger partial charge in [0.05, 0.1) is 18.5 Å². The maximum Gasteiger partial charge on any atom is 0.248 e. The van der Waals surface area contributed by atoms with E-state index in [1.807, 2.05) is 59.1 Å². The number of unbranched alkanes of at least 4 members (excludes halogenated alkanes) is 1. The van der Waals surface area contributed by atoms with Gasteiger partial charge >= 0.3 is 0 Å². The molecule has 272 valence electrons. The Hall–Kier alpha value is -4.83. The molecule has 1 aliphatic heterocycles. The summed E-state index contributed by atoms with van der Waals surface area (Å²) in [7, 11) is 1.89. The van der Waals surface area contributed by atoms with Crippen molar-refractivity contribution >= 4 is 23.7 Å². The van der Waals surface area contributed by atoms with E-state index in [1.165, 1.54) is 17.5 Å². The van der Waals surface area contributed by atoms with Crippen LogP contribution in [-0.4, -0.2) is 43.9 Å². The Morgan fingerprint density at radius 1 is 1.02 bits per heavy atom. The molecule has 2 heterocycles. The summed E-state index contributed by atoms with van der Waals surface area (Å²) in [6.45, 7) is 15.0. The number of rotatable bonds is 14. The molecule has 7 heteroatoms. The number of aryl methyl sites for hydroxylation is 1. The Labute approximate surface area is 303 Å². The zero-order valence-electron chi connectivity index (χ0n) is 31.6. The normalized spacial score (nSPS) is 12.8. The smallest absolute Gasteiger partial charge is 0.248 e. The van der Waals surface area contributed by atoms with Gasteiger partial charge in [0.15, 0.2) is 0 Å². The monoisotopic (exact) mass is 682 g/mol. The summed E-state index contributed by atoms with van der Waals surface area (Å²) in [5, 5.41) is 3.08. The molecule has 1 saturated heterocycles. The van der Waals surface area contributed by atoms with Gasteiger partial charge in [-0.3, -0.25) is 4.79 Å². The minimum absolute atomic E-state index is 0.383. The first-order valence-corrected chi connectivity index (χ1v) is 18.0. The number of carbonyl (C=O) groups excluding carboxylic acids is 2. The first-order valence-electron chi connectivity index (χ1n) is 18.0. The number of amides is 1. The number of carbonyl (C=O) groups is 2. The van der Waals surface area contributed by atoms with E-state index in [1.54, 1.807) is 18.2 Å². The Morgan fingerprint density at radius 2 is 1.72 bits per heavy atom. The van der Waals surface area contributed by atoms with Gasteiger partial charge in [0.1, 0.15) is 17.9 Å². The second-order valence-corrected chi connectivity index (χ2v) is 11.1. The average molecular weight is 683 g/mol. The molecule has 0 bridgehead atoms. The zero-order valence-corrected chi connectivity index (χ0v) is 31.6. The van der Waals surface area contributed by atoms with Crippen molar-refractivity contribution in [2.75, 3.05) is 37.0 Å². The Balaban J connectivity index is 0.000000860. The van der Waals surface area contributed by atoms with Crippen LogP contribution in [0.2, 0.25) is 0 Å². The number of piperidine rings is 1. The van der Waals surface area contributed by atoms with Gasteiger partial charge in [0.2, 0.25) is 5.91 Å². The van der Waals surface area contributed by atoms with Crippen molar-refractivity contribution < 1.29 is 14.3 Å². The summed E-state index contributed by atoms with van der Waals surface area (Å²) in [4.78, 5) is 28.5. The molecule has 3 aromatic rings. The van der Waals surface area contributed by atoms with Crippen molar-refractivity contribution in [3.05, 3.63) is 108 Å². The van der Waals surface area contributed by atoms with E-state index in [2.05, 4.69) is 90.5 Å². The fraction of sp³-hybridized carbons (Fsp3) is 0.419. The summed E-state index contributed by atoms with van der Waals surface area (Å²) in [5.74, 6) is 2.17. The largest absolute Gasteiger partial charge is 0.493 e. The molecule has 7 nitrogen and oxygen atoms in total. The van der Waals surface area contributed by atoms with Gasteiger partial charge in [0.25, 0.3) is 0 Å². The topological polar surface area (TPSA) is 97.5 Å². The van der Waals surface area contributed by atoms with Gasteiger partial charge in [-0.25, -0.2) is 4.98 Å². The van der Waals surface area contributed by atoms with Crippen LogP contribution in [0.1, 0.15) is 101 Å². The second kappa shape index (κ2) is 29.1. The van der Waals surface area contributed by atoms with Gasteiger partial charge in [-0.2, -0.15) is 0 Å². The molecule has 1 fully saturated rings. The average Bonchev–Trinajstić information content (AvgIpc) is 3.19. The predicted molar refractivity (Wildman–Crippen MR) is 214 cm³/mol. The number of nitrogens with two attached hydrogens (primary N) is 1. The van der Waals surface area contributed by atoms with Crippen molar-refractivity contribution in [2.24, 2.45) is 11.7 Å². The number of nitrogens with zero attached hydrogens (tertiary/aromatic N) is 2. The van der Waals surface area contributed by atoms with Crippen LogP contribution in [0.3, 0.4) is 0 Å². The third kappa shape index (κ3) is 17.5. The van der Waals surface area contributed by atoms with E-state index in [-0.39, 0.29) is 0 Å². The van der Waals surface area contributed by atoms with Crippen molar-refractivity contribution in [3.63, 3.8) is 0 Å². The molecule has 0 spiro atoms. The van der Waals surface area contributed by atoms with Crippen LogP contribution in [-0.2, 0) is 11.2 Å². The van der Waals surface area contributed by atoms with Gasteiger partial charge in [-0.1, -0.05) is 103 Å². The lowest BCUT2D eigenvalue weighted by molar-refractivity contribution is -0.107. The first-order chi connectivity index (χ1) is 24.4. The van der Waals surface area contributed by atoms with E-state index >= 15 is 0 Å². The minimum Gasteiger partial charge on any atom is -0.493 e. The van der Waals surface area contributed by atoms with Crippen LogP contribution < -0.4 is 20.7 Å². The molecule has 2 aromatic carbocycles.